The lowest BCUT2D eigenvalue weighted by atomic mass is 9.82. The molecule has 1 N–H and O–H groups in total. The predicted octanol–water partition coefficient (Wildman–Crippen LogP) is 8.15. The molecule has 2 heteroatoms. The molecule has 0 atom stereocenters. The first kappa shape index (κ1) is 23.5. The summed E-state index contributed by atoms with van der Waals surface area (Å²) in [6.45, 7) is 6.89. The van der Waals surface area contributed by atoms with Crippen molar-refractivity contribution in [3.05, 3.63) is 118 Å². The molecule has 172 valence electrons. The van der Waals surface area contributed by atoms with Crippen molar-refractivity contribution in [2.45, 2.75) is 46.5 Å². The molecule has 0 aromatic heterocycles. The van der Waals surface area contributed by atoms with Crippen molar-refractivity contribution in [3.8, 4) is 22.3 Å². The first-order valence-electron chi connectivity index (χ1n) is 11.5. The maximum atomic E-state index is 11.1. The van der Waals surface area contributed by atoms with Crippen molar-refractivity contribution >= 4 is 5.97 Å². The quantitative estimate of drug-likeness (QED) is 0.275. The van der Waals surface area contributed by atoms with Crippen LogP contribution in [0.5, 0.6) is 0 Å². The number of hydrogen-bond donors (Lipinski definition) is 1. The Morgan fingerprint density at radius 2 is 1.12 bits per heavy atom. The largest absolute Gasteiger partial charge is 0.478 e. The highest BCUT2D eigenvalue weighted by atomic mass is 16.4. The minimum atomic E-state index is -0.843. The molecule has 0 bridgehead atoms. The van der Waals surface area contributed by atoms with E-state index in [1.807, 2.05) is 30.3 Å². The van der Waals surface area contributed by atoms with Gasteiger partial charge in [0, 0.05) is 0 Å². The number of hydrogen-bond acceptors (Lipinski definition) is 1. The Bertz CT molecular complexity index is 1370. The lowest BCUT2D eigenvalue weighted by molar-refractivity contribution is 0.0696. The number of carbonyl (C=O) groups is 1. The van der Waals surface area contributed by atoms with E-state index in [4.69, 9.17) is 5.11 Å². The number of fused-ring (bicyclic) bond motifs is 6. The molecule has 34 heavy (non-hydrogen) atoms. The van der Waals surface area contributed by atoms with E-state index in [1.165, 1.54) is 38.9 Å². The van der Waals surface area contributed by atoms with Crippen LogP contribution >= 0.6 is 0 Å². The Balaban J connectivity index is 0.000000157. The normalized spacial score (nSPS) is 12.3. The Kier molecular flexibility index (Phi) is 6.18. The van der Waals surface area contributed by atoms with Crippen LogP contribution in [-0.4, -0.2) is 11.1 Å². The summed E-state index contributed by atoms with van der Waals surface area (Å²) < 4.78 is 0. The third kappa shape index (κ3) is 4.05. The Morgan fingerprint density at radius 3 is 1.68 bits per heavy atom. The smallest absolute Gasteiger partial charge is 0.335 e. The van der Waals surface area contributed by atoms with Crippen molar-refractivity contribution in [1.29, 1.82) is 0 Å². The van der Waals surface area contributed by atoms with Crippen molar-refractivity contribution < 1.29 is 9.90 Å². The second kappa shape index (κ2) is 8.95. The van der Waals surface area contributed by atoms with Crippen LogP contribution in [0.3, 0.4) is 0 Å². The molecule has 0 radical (unpaired) electrons. The van der Waals surface area contributed by atoms with Gasteiger partial charge in [0.25, 0.3) is 0 Å². The molecule has 2 aliphatic carbocycles. The SMILES string of the molecule is C.CC(C)(C)c1cccc2c1Cc1ccccc1-2.O=C(O)c1cccc2c1Cc1ccccc1-2. The van der Waals surface area contributed by atoms with Crippen molar-refractivity contribution in [1.82, 2.24) is 0 Å². The van der Waals surface area contributed by atoms with Gasteiger partial charge in [-0.3, -0.25) is 0 Å². The zero-order valence-corrected chi connectivity index (χ0v) is 19.4. The molecule has 0 fully saturated rings. The molecule has 2 aliphatic rings. The maximum absolute atomic E-state index is 11.1. The lowest BCUT2D eigenvalue weighted by Crippen LogP contribution is -2.13. The molecule has 4 aromatic rings. The number of benzene rings is 4. The van der Waals surface area contributed by atoms with E-state index >= 15 is 0 Å². The van der Waals surface area contributed by atoms with Gasteiger partial charge in [-0.1, -0.05) is 107 Å². The highest BCUT2D eigenvalue weighted by molar-refractivity contribution is 5.94. The van der Waals surface area contributed by atoms with Gasteiger partial charge in [0.1, 0.15) is 0 Å². The monoisotopic (exact) mass is 448 g/mol. The van der Waals surface area contributed by atoms with E-state index in [-0.39, 0.29) is 12.8 Å². The number of aromatic carboxylic acids is 1. The summed E-state index contributed by atoms with van der Waals surface area (Å²) in [5.74, 6) is -0.843. The molecule has 0 saturated carbocycles. The summed E-state index contributed by atoms with van der Waals surface area (Å²) in [5, 5.41) is 9.13. The maximum Gasteiger partial charge on any atom is 0.335 e. The molecule has 0 saturated heterocycles. The highest BCUT2D eigenvalue weighted by Crippen LogP contribution is 2.41. The first-order chi connectivity index (χ1) is 15.8. The number of carboxylic acids is 1. The summed E-state index contributed by atoms with van der Waals surface area (Å²) in [6.07, 6.45) is 1.83. The van der Waals surface area contributed by atoms with E-state index in [2.05, 4.69) is 69.3 Å². The van der Waals surface area contributed by atoms with Gasteiger partial charge in [0.15, 0.2) is 0 Å². The predicted molar refractivity (Wildman–Crippen MR) is 142 cm³/mol. The molecule has 4 aromatic carbocycles. The van der Waals surface area contributed by atoms with E-state index in [0.717, 1.165) is 24.0 Å². The Morgan fingerprint density at radius 1 is 0.647 bits per heavy atom. The van der Waals surface area contributed by atoms with Crippen molar-refractivity contribution in [2.24, 2.45) is 0 Å². The average Bonchev–Trinajstić information content (AvgIpc) is 3.37. The minimum Gasteiger partial charge on any atom is -0.478 e. The zero-order chi connectivity index (χ0) is 23.2. The summed E-state index contributed by atoms with van der Waals surface area (Å²) in [7, 11) is 0. The minimum absolute atomic E-state index is 0. The van der Waals surface area contributed by atoms with E-state index in [1.54, 1.807) is 6.07 Å². The number of carboxylic acid groups (broad SMARTS) is 1. The van der Waals surface area contributed by atoms with Crippen LogP contribution < -0.4 is 0 Å². The van der Waals surface area contributed by atoms with Crippen LogP contribution in [0, 0.1) is 0 Å². The fourth-order valence-electron chi connectivity index (χ4n) is 5.22. The van der Waals surface area contributed by atoms with E-state index in [0.29, 0.717) is 5.56 Å². The van der Waals surface area contributed by atoms with Gasteiger partial charge >= 0.3 is 5.97 Å². The van der Waals surface area contributed by atoms with Gasteiger partial charge in [-0.2, -0.15) is 0 Å². The molecular weight excluding hydrogens is 416 g/mol. The summed E-state index contributed by atoms with van der Waals surface area (Å²) in [5.41, 5.74) is 12.4. The molecule has 2 nitrogen and oxygen atoms in total. The third-order valence-corrected chi connectivity index (χ3v) is 6.74. The fourth-order valence-corrected chi connectivity index (χ4v) is 5.22. The van der Waals surface area contributed by atoms with Crippen LogP contribution in [0.2, 0.25) is 0 Å². The molecule has 0 aliphatic heterocycles. The zero-order valence-electron chi connectivity index (χ0n) is 19.4. The van der Waals surface area contributed by atoms with Crippen molar-refractivity contribution in [3.63, 3.8) is 0 Å². The van der Waals surface area contributed by atoms with Gasteiger partial charge in [-0.05, 0) is 74.4 Å². The standard InChI is InChI=1S/C17H18.C14H10O2.CH4/c1-17(2,3)16-10-6-9-14-13-8-5-4-7-12(13)11-15(14)16;15-14(16)12-7-3-6-11-10-5-2-1-4-9(10)8-13(11)12;/h4-10H,11H2,1-3H3;1-7H,8H2,(H,15,16);1H4. The molecule has 0 heterocycles. The second-order valence-electron chi connectivity index (χ2n) is 9.89. The van der Waals surface area contributed by atoms with Gasteiger partial charge in [-0.25, -0.2) is 4.79 Å². The van der Waals surface area contributed by atoms with Crippen LogP contribution in [0.1, 0.15) is 66.4 Å². The van der Waals surface area contributed by atoms with Crippen molar-refractivity contribution in [2.75, 3.05) is 0 Å². The van der Waals surface area contributed by atoms with Crippen LogP contribution in [0.15, 0.2) is 84.9 Å². The van der Waals surface area contributed by atoms with Gasteiger partial charge in [0.2, 0.25) is 0 Å². The second-order valence-corrected chi connectivity index (χ2v) is 9.89. The fraction of sp³-hybridized carbons (Fsp3) is 0.219. The van der Waals surface area contributed by atoms with Gasteiger partial charge < -0.3 is 5.11 Å². The van der Waals surface area contributed by atoms with Gasteiger partial charge in [0.05, 0.1) is 5.56 Å². The summed E-state index contributed by atoms with van der Waals surface area (Å²) in [6, 6.07) is 29.1. The topological polar surface area (TPSA) is 37.3 Å². The number of rotatable bonds is 1. The summed E-state index contributed by atoms with van der Waals surface area (Å²) in [4.78, 5) is 11.1. The Hall–Kier alpha value is -3.65. The van der Waals surface area contributed by atoms with Gasteiger partial charge in [-0.15, -0.1) is 0 Å². The molecule has 0 unspecified atom stereocenters. The third-order valence-electron chi connectivity index (χ3n) is 6.74. The molecule has 0 amide bonds. The molecular formula is C32H32O2. The van der Waals surface area contributed by atoms with Crippen LogP contribution in [0.25, 0.3) is 22.3 Å². The van der Waals surface area contributed by atoms with E-state index in [9.17, 15) is 4.79 Å². The molecule has 6 rings (SSSR count). The molecule has 0 spiro atoms. The van der Waals surface area contributed by atoms with E-state index < -0.39 is 5.97 Å². The van der Waals surface area contributed by atoms with Crippen LogP contribution in [-0.2, 0) is 18.3 Å². The Labute approximate surface area is 202 Å². The lowest BCUT2D eigenvalue weighted by Gasteiger charge is -2.22. The van der Waals surface area contributed by atoms with Crippen LogP contribution in [0.4, 0.5) is 0 Å². The summed E-state index contributed by atoms with van der Waals surface area (Å²) >= 11 is 0. The first-order valence-corrected chi connectivity index (χ1v) is 11.5. The average molecular weight is 449 g/mol. The highest BCUT2D eigenvalue weighted by Gasteiger charge is 2.25.